The lowest BCUT2D eigenvalue weighted by molar-refractivity contribution is -0.139. The monoisotopic (exact) mass is 282 g/mol. The standard InChI is InChI=1S/C17H18N2O2/c1-3-9-11-8-13(20)19(2)16(9)14-10-6-4-5-7-12(10)18-15(14)17(11)21/h4-7,9,11,16,18H,3,8H2,1-2H3/t9-,11-,16+/m0/s1. The largest absolute Gasteiger partial charge is 0.352 e. The van der Waals surface area contributed by atoms with Gasteiger partial charge in [-0.05, 0) is 12.0 Å². The fraction of sp³-hybridized carbons (Fsp3) is 0.412. The number of para-hydroxylation sites is 1. The number of rotatable bonds is 1. The Hall–Kier alpha value is -2.10. The SMILES string of the molecule is CC[C@H]1[C@@H]2CC(=O)N(C)[C@H]1c1c([nH]c3ccccc13)C2=O. The number of piperidine rings is 1. The van der Waals surface area contributed by atoms with Crippen LogP contribution in [0.2, 0.25) is 0 Å². The van der Waals surface area contributed by atoms with Gasteiger partial charge in [-0.1, -0.05) is 31.5 Å². The molecule has 108 valence electrons. The van der Waals surface area contributed by atoms with Crippen LogP contribution in [0.15, 0.2) is 24.3 Å². The van der Waals surface area contributed by atoms with E-state index in [-0.39, 0.29) is 29.6 Å². The molecule has 1 aliphatic carbocycles. The Morgan fingerprint density at radius 3 is 2.81 bits per heavy atom. The molecule has 4 heteroatoms. The van der Waals surface area contributed by atoms with Gasteiger partial charge >= 0.3 is 0 Å². The van der Waals surface area contributed by atoms with Crippen molar-refractivity contribution in [3.63, 3.8) is 0 Å². The van der Waals surface area contributed by atoms with Crippen molar-refractivity contribution in [3.05, 3.63) is 35.5 Å². The molecule has 4 nitrogen and oxygen atoms in total. The summed E-state index contributed by atoms with van der Waals surface area (Å²) >= 11 is 0. The third kappa shape index (κ3) is 1.50. The van der Waals surface area contributed by atoms with Crippen molar-refractivity contribution >= 4 is 22.6 Å². The second-order valence-electron chi connectivity index (χ2n) is 6.16. The predicted molar refractivity (Wildman–Crippen MR) is 80.0 cm³/mol. The van der Waals surface area contributed by atoms with Crippen LogP contribution in [-0.4, -0.2) is 28.6 Å². The highest BCUT2D eigenvalue weighted by Gasteiger charge is 2.50. The van der Waals surface area contributed by atoms with Crippen molar-refractivity contribution in [1.82, 2.24) is 9.88 Å². The fourth-order valence-corrected chi connectivity index (χ4v) is 4.20. The van der Waals surface area contributed by atoms with E-state index in [0.29, 0.717) is 6.42 Å². The number of likely N-dealkylation sites (tertiary alicyclic amines) is 1. The number of nitrogens with one attached hydrogen (secondary N) is 1. The molecule has 3 atom stereocenters. The van der Waals surface area contributed by atoms with Crippen LogP contribution in [0.5, 0.6) is 0 Å². The van der Waals surface area contributed by atoms with Gasteiger partial charge in [0.1, 0.15) is 0 Å². The molecule has 1 fully saturated rings. The summed E-state index contributed by atoms with van der Waals surface area (Å²) in [6.07, 6.45) is 1.26. The van der Waals surface area contributed by atoms with E-state index < -0.39 is 0 Å². The summed E-state index contributed by atoms with van der Waals surface area (Å²) in [5.41, 5.74) is 2.73. The highest BCUT2D eigenvalue weighted by Crippen LogP contribution is 2.49. The molecule has 1 amide bonds. The minimum absolute atomic E-state index is 0.0186. The summed E-state index contributed by atoms with van der Waals surface area (Å²) in [4.78, 5) is 30.2. The predicted octanol–water partition coefficient (Wildman–Crippen LogP) is 2.91. The zero-order valence-corrected chi connectivity index (χ0v) is 12.2. The number of nitrogens with zero attached hydrogens (tertiary/aromatic N) is 1. The molecule has 1 saturated heterocycles. The van der Waals surface area contributed by atoms with Gasteiger partial charge in [-0.2, -0.15) is 0 Å². The first-order valence-corrected chi connectivity index (χ1v) is 7.54. The van der Waals surface area contributed by atoms with E-state index in [2.05, 4.69) is 11.9 Å². The van der Waals surface area contributed by atoms with E-state index in [1.165, 1.54) is 0 Å². The summed E-state index contributed by atoms with van der Waals surface area (Å²) in [6.45, 7) is 2.11. The first-order chi connectivity index (χ1) is 10.1. The van der Waals surface area contributed by atoms with Crippen molar-refractivity contribution in [2.75, 3.05) is 7.05 Å². The highest BCUT2D eigenvalue weighted by molar-refractivity contribution is 6.07. The number of carbonyl (C=O) groups is 2. The third-order valence-electron chi connectivity index (χ3n) is 5.22. The molecule has 1 aromatic carbocycles. The topological polar surface area (TPSA) is 53.2 Å². The Balaban J connectivity index is 2.04. The van der Waals surface area contributed by atoms with E-state index in [4.69, 9.17) is 0 Å². The highest BCUT2D eigenvalue weighted by atomic mass is 16.2. The first kappa shape index (κ1) is 12.6. The fourth-order valence-electron chi connectivity index (χ4n) is 4.20. The molecule has 4 rings (SSSR count). The van der Waals surface area contributed by atoms with E-state index in [9.17, 15) is 9.59 Å². The number of Topliss-reactive ketones (excluding diaryl/α,β-unsaturated/α-hetero) is 1. The third-order valence-corrected chi connectivity index (χ3v) is 5.22. The van der Waals surface area contributed by atoms with Crippen LogP contribution < -0.4 is 0 Å². The second kappa shape index (κ2) is 4.20. The average Bonchev–Trinajstić information content (AvgIpc) is 2.87. The van der Waals surface area contributed by atoms with Crippen LogP contribution >= 0.6 is 0 Å². The number of benzene rings is 1. The Morgan fingerprint density at radius 1 is 1.29 bits per heavy atom. The van der Waals surface area contributed by atoms with Gasteiger partial charge in [0.15, 0.2) is 5.78 Å². The molecular weight excluding hydrogens is 264 g/mol. The molecular formula is C17H18N2O2. The van der Waals surface area contributed by atoms with Crippen LogP contribution in [0.25, 0.3) is 10.9 Å². The molecule has 0 radical (unpaired) electrons. The van der Waals surface area contributed by atoms with Crippen molar-refractivity contribution in [2.45, 2.75) is 25.8 Å². The van der Waals surface area contributed by atoms with E-state index in [1.54, 1.807) is 0 Å². The zero-order chi connectivity index (χ0) is 14.7. The maximum Gasteiger partial charge on any atom is 0.223 e. The lowest BCUT2D eigenvalue weighted by Gasteiger charge is -2.46. The van der Waals surface area contributed by atoms with Crippen molar-refractivity contribution in [2.24, 2.45) is 11.8 Å². The molecule has 0 saturated carbocycles. The molecule has 2 heterocycles. The van der Waals surface area contributed by atoms with Crippen LogP contribution in [0.1, 0.15) is 41.9 Å². The Kier molecular flexibility index (Phi) is 2.52. The maximum absolute atomic E-state index is 12.8. The van der Waals surface area contributed by atoms with Gasteiger partial charge in [-0.3, -0.25) is 9.59 Å². The number of fused-ring (bicyclic) bond motifs is 6. The summed E-state index contributed by atoms with van der Waals surface area (Å²) in [5, 5.41) is 1.07. The van der Waals surface area contributed by atoms with Gasteiger partial charge in [0.05, 0.1) is 11.7 Å². The van der Waals surface area contributed by atoms with Crippen LogP contribution in [-0.2, 0) is 4.79 Å². The smallest absolute Gasteiger partial charge is 0.223 e. The number of aromatic nitrogens is 1. The molecule has 0 unspecified atom stereocenters. The molecule has 21 heavy (non-hydrogen) atoms. The van der Waals surface area contributed by atoms with Crippen LogP contribution in [0, 0.1) is 11.8 Å². The number of carbonyl (C=O) groups excluding carboxylic acids is 2. The van der Waals surface area contributed by atoms with Gasteiger partial charge < -0.3 is 9.88 Å². The summed E-state index contributed by atoms with van der Waals surface area (Å²) in [5.74, 6) is 0.265. The van der Waals surface area contributed by atoms with Crippen molar-refractivity contribution < 1.29 is 9.59 Å². The van der Waals surface area contributed by atoms with Gasteiger partial charge in [0.25, 0.3) is 0 Å². The van der Waals surface area contributed by atoms with Crippen LogP contribution in [0.4, 0.5) is 0 Å². The summed E-state index contributed by atoms with van der Waals surface area (Å²) in [7, 11) is 1.87. The van der Waals surface area contributed by atoms with Crippen molar-refractivity contribution in [3.8, 4) is 0 Å². The minimum Gasteiger partial charge on any atom is -0.352 e. The Morgan fingerprint density at radius 2 is 2.05 bits per heavy atom. The van der Waals surface area contributed by atoms with E-state index in [1.807, 2.05) is 36.2 Å². The molecule has 2 aromatic rings. The van der Waals surface area contributed by atoms with Gasteiger partial charge in [-0.25, -0.2) is 0 Å². The molecule has 1 aliphatic heterocycles. The molecule has 2 aliphatic rings. The summed E-state index contributed by atoms with van der Waals surface area (Å²) in [6, 6.07) is 8.00. The maximum atomic E-state index is 12.8. The molecule has 1 N–H and O–H groups in total. The van der Waals surface area contributed by atoms with Crippen LogP contribution in [0.3, 0.4) is 0 Å². The Labute approximate surface area is 123 Å². The summed E-state index contributed by atoms with van der Waals surface area (Å²) < 4.78 is 0. The van der Waals surface area contributed by atoms with E-state index in [0.717, 1.165) is 28.6 Å². The second-order valence-corrected chi connectivity index (χ2v) is 6.16. The first-order valence-electron chi connectivity index (χ1n) is 7.54. The van der Waals surface area contributed by atoms with Crippen molar-refractivity contribution in [1.29, 1.82) is 0 Å². The Bertz CT molecular complexity index is 761. The zero-order valence-electron chi connectivity index (χ0n) is 12.2. The number of hydrogen-bond donors (Lipinski definition) is 1. The number of amides is 1. The number of aromatic amines is 1. The number of hydrogen-bond acceptors (Lipinski definition) is 2. The number of H-pyrrole nitrogens is 1. The quantitative estimate of drug-likeness (QED) is 0.874. The molecule has 2 bridgehead atoms. The average molecular weight is 282 g/mol. The lowest BCUT2D eigenvalue weighted by Crippen LogP contribution is -2.50. The van der Waals surface area contributed by atoms with Gasteiger partial charge in [-0.15, -0.1) is 0 Å². The molecule has 1 aromatic heterocycles. The van der Waals surface area contributed by atoms with Gasteiger partial charge in [0, 0.05) is 35.9 Å². The lowest BCUT2D eigenvalue weighted by atomic mass is 9.68. The minimum atomic E-state index is -0.163. The molecule has 0 spiro atoms. The normalized spacial score (nSPS) is 28.1. The van der Waals surface area contributed by atoms with Gasteiger partial charge in [0.2, 0.25) is 5.91 Å². The van der Waals surface area contributed by atoms with E-state index >= 15 is 0 Å². The number of ketones is 1.